The molecule has 0 aromatic heterocycles. The highest BCUT2D eigenvalue weighted by molar-refractivity contribution is 8.01. The highest BCUT2D eigenvalue weighted by Crippen LogP contribution is 2.54. The Morgan fingerprint density at radius 1 is 1.50 bits per heavy atom. The number of aliphatic carboxylic acids is 1. The fourth-order valence-electron chi connectivity index (χ4n) is 1.98. The van der Waals surface area contributed by atoms with Gasteiger partial charge in [0.15, 0.2) is 0 Å². The summed E-state index contributed by atoms with van der Waals surface area (Å²) in [5, 5.41) is 9.18. The van der Waals surface area contributed by atoms with Crippen molar-refractivity contribution in [1.29, 1.82) is 0 Å². The number of carboxylic acid groups (broad SMARTS) is 1. The molecule has 1 rings (SSSR count). The molecule has 0 bridgehead atoms. The molecule has 2 nitrogen and oxygen atoms in total. The van der Waals surface area contributed by atoms with E-state index in [-0.39, 0.29) is 5.41 Å². The lowest BCUT2D eigenvalue weighted by Crippen LogP contribution is -2.51. The van der Waals surface area contributed by atoms with Crippen LogP contribution in [0.15, 0.2) is 0 Å². The Kier molecular flexibility index (Phi) is 3.20. The topological polar surface area (TPSA) is 37.3 Å². The average Bonchev–Trinajstić information content (AvgIpc) is 1.92. The summed E-state index contributed by atoms with van der Waals surface area (Å²) in [4.78, 5) is 11.1. The summed E-state index contributed by atoms with van der Waals surface area (Å²) in [6.07, 6.45) is 1.68. The van der Waals surface area contributed by atoms with Gasteiger partial charge in [-0.1, -0.05) is 27.7 Å². The molecule has 1 N–H and O–H groups in total. The normalized spacial score (nSPS) is 32.4. The van der Waals surface area contributed by atoms with Gasteiger partial charge in [0.05, 0.1) is 0 Å². The standard InChI is InChI=1S/C11H20O2S/c1-5-14-11(9(12)13)6-8(7-11)10(2,3)4/h8H,5-7H2,1-4H3,(H,12,13). The lowest BCUT2D eigenvalue weighted by atomic mass is 9.62. The first-order chi connectivity index (χ1) is 6.32. The highest BCUT2D eigenvalue weighted by atomic mass is 32.2. The maximum atomic E-state index is 11.1. The van der Waals surface area contributed by atoms with Crippen LogP contribution in [0.3, 0.4) is 0 Å². The molecule has 0 radical (unpaired) electrons. The van der Waals surface area contributed by atoms with Crippen LogP contribution < -0.4 is 0 Å². The molecular weight excluding hydrogens is 196 g/mol. The molecule has 14 heavy (non-hydrogen) atoms. The largest absolute Gasteiger partial charge is 0.480 e. The molecule has 1 aliphatic rings. The van der Waals surface area contributed by atoms with Gasteiger partial charge in [-0.15, -0.1) is 11.8 Å². The van der Waals surface area contributed by atoms with E-state index in [0.717, 1.165) is 18.6 Å². The Morgan fingerprint density at radius 3 is 2.29 bits per heavy atom. The minimum Gasteiger partial charge on any atom is -0.480 e. The second-order valence-electron chi connectivity index (χ2n) is 5.20. The molecule has 0 aliphatic heterocycles. The third-order valence-electron chi connectivity index (χ3n) is 3.19. The lowest BCUT2D eigenvalue weighted by molar-refractivity contribution is -0.145. The Morgan fingerprint density at radius 2 is 2.00 bits per heavy atom. The summed E-state index contributed by atoms with van der Waals surface area (Å²) in [6, 6.07) is 0. The first kappa shape index (κ1) is 11.9. The molecule has 82 valence electrons. The monoisotopic (exact) mass is 216 g/mol. The molecule has 0 unspecified atom stereocenters. The van der Waals surface area contributed by atoms with Crippen LogP contribution >= 0.6 is 11.8 Å². The van der Waals surface area contributed by atoms with Gasteiger partial charge in [0.1, 0.15) is 4.75 Å². The van der Waals surface area contributed by atoms with Crippen molar-refractivity contribution in [3.63, 3.8) is 0 Å². The van der Waals surface area contributed by atoms with E-state index in [1.165, 1.54) is 0 Å². The van der Waals surface area contributed by atoms with Crippen molar-refractivity contribution in [1.82, 2.24) is 0 Å². The van der Waals surface area contributed by atoms with Crippen LogP contribution in [0, 0.1) is 11.3 Å². The Labute approximate surface area is 90.5 Å². The van der Waals surface area contributed by atoms with Crippen LogP contribution in [0.1, 0.15) is 40.5 Å². The van der Waals surface area contributed by atoms with Crippen LogP contribution in [0.4, 0.5) is 0 Å². The first-order valence-corrected chi connectivity index (χ1v) is 6.18. The van der Waals surface area contributed by atoms with Gasteiger partial charge in [-0.25, -0.2) is 0 Å². The third-order valence-corrected chi connectivity index (χ3v) is 4.54. The SMILES string of the molecule is CCSC1(C(=O)O)CC(C(C)(C)C)C1. The van der Waals surface area contributed by atoms with Gasteiger partial charge in [0.25, 0.3) is 0 Å². The van der Waals surface area contributed by atoms with Gasteiger partial charge in [0.2, 0.25) is 0 Å². The van der Waals surface area contributed by atoms with E-state index in [4.69, 9.17) is 0 Å². The molecule has 1 saturated carbocycles. The van der Waals surface area contributed by atoms with Gasteiger partial charge >= 0.3 is 5.97 Å². The number of rotatable bonds is 3. The molecule has 0 saturated heterocycles. The summed E-state index contributed by atoms with van der Waals surface area (Å²) >= 11 is 1.59. The molecule has 1 fully saturated rings. The van der Waals surface area contributed by atoms with Gasteiger partial charge in [-0.05, 0) is 29.9 Å². The zero-order valence-corrected chi connectivity index (χ0v) is 10.3. The fraction of sp³-hybridized carbons (Fsp3) is 0.909. The van der Waals surface area contributed by atoms with Gasteiger partial charge in [-0.3, -0.25) is 4.79 Å². The molecule has 0 aromatic rings. The molecule has 0 heterocycles. The zero-order chi connectivity index (χ0) is 11.0. The van der Waals surface area contributed by atoms with E-state index >= 15 is 0 Å². The lowest BCUT2D eigenvalue weighted by Gasteiger charge is -2.49. The highest BCUT2D eigenvalue weighted by Gasteiger charge is 2.53. The fourth-order valence-corrected chi connectivity index (χ4v) is 3.29. The van der Waals surface area contributed by atoms with E-state index in [0.29, 0.717) is 5.92 Å². The van der Waals surface area contributed by atoms with Crippen LogP contribution in [0.2, 0.25) is 0 Å². The van der Waals surface area contributed by atoms with Crippen LogP contribution in [-0.2, 0) is 4.79 Å². The second kappa shape index (κ2) is 3.76. The van der Waals surface area contributed by atoms with E-state index < -0.39 is 10.7 Å². The number of carboxylic acids is 1. The summed E-state index contributed by atoms with van der Waals surface area (Å²) in [5.74, 6) is 0.839. The smallest absolute Gasteiger partial charge is 0.319 e. The van der Waals surface area contributed by atoms with Crippen LogP contribution in [0.25, 0.3) is 0 Å². The van der Waals surface area contributed by atoms with Crippen molar-refractivity contribution in [2.45, 2.75) is 45.3 Å². The Balaban J connectivity index is 2.60. The summed E-state index contributed by atoms with van der Waals surface area (Å²) in [6.45, 7) is 8.61. The summed E-state index contributed by atoms with van der Waals surface area (Å²) in [7, 11) is 0. The predicted molar refractivity (Wildman–Crippen MR) is 60.7 cm³/mol. The maximum Gasteiger partial charge on any atom is 0.319 e. The first-order valence-electron chi connectivity index (χ1n) is 5.19. The number of carbonyl (C=O) groups is 1. The minimum absolute atomic E-state index is 0.257. The molecule has 0 aromatic carbocycles. The summed E-state index contributed by atoms with van der Waals surface area (Å²) < 4.78 is -0.466. The number of hydrogen-bond acceptors (Lipinski definition) is 2. The van der Waals surface area contributed by atoms with Crippen molar-refractivity contribution >= 4 is 17.7 Å². The second-order valence-corrected chi connectivity index (χ2v) is 6.85. The van der Waals surface area contributed by atoms with Gasteiger partial charge in [-0.2, -0.15) is 0 Å². The van der Waals surface area contributed by atoms with Gasteiger partial charge < -0.3 is 5.11 Å². The van der Waals surface area contributed by atoms with Crippen LogP contribution in [0.5, 0.6) is 0 Å². The third kappa shape index (κ3) is 2.08. The van der Waals surface area contributed by atoms with Crippen molar-refractivity contribution < 1.29 is 9.90 Å². The molecule has 0 amide bonds. The minimum atomic E-state index is -0.621. The molecule has 0 spiro atoms. The van der Waals surface area contributed by atoms with Crippen molar-refractivity contribution in [2.24, 2.45) is 11.3 Å². The quantitative estimate of drug-likeness (QED) is 0.788. The van der Waals surface area contributed by atoms with E-state index in [1.54, 1.807) is 11.8 Å². The van der Waals surface area contributed by atoms with Crippen LogP contribution in [-0.4, -0.2) is 21.6 Å². The van der Waals surface area contributed by atoms with Crippen molar-refractivity contribution in [3.05, 3.63) is 0 Å². The molecule has 0 atom stereocenters. The van der Waals surface area contributed by atoms with Gasteiger partial charge in [0, 0.05) is 0 Å². The number of thioether (sulfide) groups is 1. The van der Waals surface area contributed by atoms with Crippen molar-refractivity contribution in [3.8, 4) is 0 Å². The predicted octanol–water partition coefficient (Wildman–Crippen LogP) is 3.02. The van der Waals surface area contributed by atoms with E-state index in [1.807, 2.05) is 6.92 Å². The zero-order valence-electron chi connectivity index (χ0n) is 9.46. The number of hydrogen-bond donors (Lipinski definition) is 1. The Bertz CT molecular complexity index is 224. The van der Waals surface area contributed by atoms with E-state index in [9.17, 15) is 9.90 Å². The van der Waals surface area contributed by atoms with Crippen molar-refractivity contribution in [2.75, 3.05) is 5.75 Å². The Hall–Kier alpha value is -0.180. The summed E-state index contributed by atoms with van der Waals surface area (Å²) in [5.41, 5.74) is 0.257. The maximum absolute atomic E-state index is 11.1. The molecule has 3 heteroatoms. The average molecular weight is 216 g/mol. The molecule has 1 aliphatic carbocycles. The molecular formula is C11H20O2S. The van der Waals surface area contributed by atoms with E-state index in [2.05, 4.69) is 20.8 Å².